The van der Waals surface area contributed by atoms with Crippen molar-refractivity contribution in [1.29, 1.82) is 0 Å². The lowest BCUT2D eigenvalue weighted by Crippen LogP contribution is -2.34. The number of H-pyrrole nitrogens is 1. The lowest BCUT2D eigenvalue weighted by atomic mass is 9.90. The molecule has 1 aliphatic carbocycles. The maximum absolute atomic E-state index is 12.5. The van der Waals surface area contributed by atoms with Crippen LogP contribution in [0, 0.1) is 0 Å². The summed E-state index contributed by atoms with van der Waals surface area (Å²) in [6.45, 7) is 2.51. The van der Waals surface area contributed by atoms with Gasteiger partial charge in [-0.1, -0.05) is 12.1 Å². The van der Waals surface area contributed by atoms with E-state index in [1.807, 2.05) is 31.2 Å². The average Bonchev–Trinajstić information content (AvgIpc) is 2.63. The van der Waals surface area contributed by atoms with Gasteiger partial charge in [0.1, 0.15) is 11.3 Å². The van der Waals surface area contributed by atoms with Crippen LogP contribution in [0.3, 0.4) is 0 Å². The Morgan fingerprint density at radius 3 is 2.70 bits per heavy atom. The Labute approximate surface area is 156 Å². The molecule has 1 atom stereocenters. The van der Waals surface area contributed by atoms with E-state index in [9.17, 15) is 14.4 Å². The molecule has 0 spiro atoms. The number of amides is 2. The van der Waals surface area contributed by atoms with Crippen molar-refractivity contribution < 1.29 is 14.3 Å². The third-order valence-corrected chi connectivity index (χ3v) is 4.65. The zero-order valence-corrected chi connectivity index (χ0v) is 15.2. The fourth-order valence-electron chi connectivity index (χ4n) is 3.37. The van der Waals surface area contributed by atoms with Crippen molar-refractivity contribution in [3.05, 3.63) is 63.1 Å². The molecule has 1 aliphatic rings. The molecule has 3 rings (SSSR count). The van der Waals surface area contributed by atoms with Gasteiger partial charge in [0.2, 0.25) is 5.91 Å². The molecule has 1 heterocycles. The number of pyridine rings is 1. The highest BCUT2D eigenvalue weighted by Gasteiger charge is 2.24. The second kappa shape index (κ2) is 8.07. The van der Waals surface area contributed by atoms with Crippen LogP contribution in [0.4, 0.5) is 0 Å². The number of aryl methyl sites for hydroxylation is 1. The summed E-state index contributed by atoms with van der Waals surface area (Å²) >= 11 is 0. The first kappa shape index (κ1) is 18.7. The van der Waals surface area contributed by atoms with E-state index in [4.69, 9.17) is 10.5 Å². The van der Waals surface area contributed by atoms with E-state index in [0.717, 1.165) is 35.4 Å². The van der Waals surface area contributed by atoms with Crippen molar-refractivity contribution in [2.75, 3.05) is 6.61 Å². The Bertz CT molecular complexity index is 902. The van der Waals surface area contributed by atoms with Crippen LogP contribution in [0.25, 0.3) is 0 Å². The molecule has 0 fully saturated rings. The largest absolute Gasteiger partial charge is 0.494 e. The molecule has 2 amide bonds. The minimum Gasteiger partial charge on any atom is -0.494 e. The summed E-state index contributed by atoms with van der Waals surface area (Å²) in [6.07, 6.45) is 2.53. The number of primary amides is 1. The van der Waals surface area contributed by atoms with Crippen LogP contribution in [0.1, 0.15) is 53.0 Å². The van der Waals surface area contributed by atoms with Crippen molar-refractivity contribution >= 4 is 11.8 Å². The number of carbonyl (C=O) groups is 2. The van der Waals surface area contributed by atoms with Gasteiger partial charge in [0.05, 0.1) is 19.1 Å². The second-order valence-corrected chi connectivity index (χ2v) is 6.58. The molecule has 0 saturated heterocycles. The number of aromatic nitrogens is 1. The summed E-state index contributed by atoms with van der Waals surface area (Å²) in [5.74, 6) is -0.126. The number of carbonyl (C=O) groups excluding carboxylic acids is 2. The van der Waals surface area contributed by atoms with E-state index in [-0.39, 0.29) is 23.9 Å². The van der Waals surface area contributed by atoms with Crippen molar-refractivity contribution in [2.45, 2.75) is 38.6 Å². The van der Waals surface area contributed by atoms with E-state index in [1.165, 1.54) is 6.07 Å². The summed E-state index contributed by atoms with van der Waals surface area (Å²) < 4.78 is 5.40. The molecule has 27 heavy (non-hydrogen) atoms. The lowest BCUT2D eigenvalue weighted by Gasteiger charge is -2.26. The Kier molecular flexibility index (Phi) is 5.59. The van der Waals surface area contributed by atoms with Gasteiger partial charge >= 0.3 is 0 Å². The highest BCUT2D eigenvalue weighted by Crippen LogP contribution is 2.28. The maximum atomic E-state index is 12.5. The normalized spacial score (nSPS) is 15.7. The van der Waals surface area contributed by atoms with Crippen LogP contribution in [0.2, 0.25) is 0 Å². The summed E-state index contributed by atoms with van der Waals surface area (Å²) in [6, 6.07) is 8.67. The quantitative estimate of drug-likeness (QED) is 0.717. The highest BCUT2D eigenvalue weighted by atomic mass is 16.5. The van der Waals surface area contributed by atoms with Crippen molar-refractivity contribution in [3.63, 3.8) is 0 Å². The molecule has 0 bridgehead atoms. The zero-order chi connectivity index (χ0) is 19.4. The van der Waals surface area contributed by atoms with Crippen molar-refractivity contribution in [3.8, 4) is 5.75 Å². The smallest absolute Gasteiger partial charge is 0.261 e. The lowest BCUT2D eigenvalue weighted by molar-refractivity contribution is -0.121. The number of fused-ring (bicyclic) bond motifs is 1. The van der Waals surface area contributed by atoms with E-state index in [2.05, 4.69) is 10.3 Å². The molecule has 1 unspecified atom stereocenters. The molecular weight excluding hydrogens is 346 g/mol. The molecular formula is C20H23N3O4. The van der Waals surface area contributed by atoms with Crippen LogP contribution in [-0.4, -0.2) is 23.4 Å². The molecule has 1 aromatic carbocycles. The minimum absolute atomic E-state index is 0.0820. The first-order chi connectivity index (χ1) is 13.0. The Hall–Kier alpha value is -3.09. The van der Waals surface area contributed by atoms with Gasteiger partial charge in [0.15, 0.2) is 0 Å². The Morgan fingerprint density at radius 1 is 1.30 bits per heavy atom. The average molecular weight is 369 g/mol. The third-order valence-electron chi connectivity index (χ3n) is 4.65. The molecule has 142 valence electrons. The first-order valence-corrected chi connectivity index (χ1v) is 9.05. The van der Waals surface area contributed by atoms with Gasteiger partial charge in [0, 0.05) is 5.69 Å². The number of aromatic amines is 1. The number of ether oxygens (including phenoxy) is 1. The molecule has 0 radical (unpaired) electrons. The summed E-state index contributed by atoms with van der Waals surface area (Å²) in [7, 11) is 0. The molecule has 7 nitrogen and oxygen atoms in total. The van der Waals surface area contributed by atoms with Crippen LogP contribution in [0.5, 0.6) is 5.75 Å². The Morgan fingerprint density at radius 2 is 2.04 bits per heavy atom. The van der Waals surface area contributed by atoms with Crippen LogP contribution in [-0.2, 0) is 17.6 Å². The van der Waals surface area contributed by atoms with E-state index < -0.39 is 11.5 Å². The third kappa shape index (κ3) is 4.36. The van der Waals surface area contributed by atoms with E-state index >= 15 is 0 Å². The zero-order valence-electron chi connectivity index (χ0n) is 15.2. The number of nitrogens with two attached hydrogens (primary N) is 1. The maximum Gasteiger partial charge on any atom is 0.261 e. The van der Waals surface area contributed by atoms with E-state index in [1.54, 1.807) is 0 Å². The highest BCUT2D eigenvalue weighted by molar-refractivity contribution is 5.92. The fraction of sp³-hybridized carbons (Fsp3) is 0.350. The SMILES string of the molecule is CCOc1ccc(CC(=O)NC2CCCc3[nH]c(=O)c(C(N)=O)cc32)cc1. The van der Waals surface area contributed by atoms with Gasteiger partial charge in [-0.15, -0.1) is 0 Å². The van der Waals surface area contributed by atoms with Crippen LogP contribution >= 0.6 is 0 Å². The van der Waals surface area contributed by atoms with Crippen LogP contribution in [0.15, 0.2) is 35.1 Å². The molecule has 0 saturated carbocycles. The second-order valence-electron chi connectivity index (χ2n) is 6.58. The minimum atomic E-state index is -0.774. The summed E-state index contributed by atoms with van der Waals surface area (Å²) in [4.78, 5) is 38.6. The number of hydrogen-bond acceptors (Lipinski definition) is 4. The topological polar surface area (TPSA) is 114 Å². The Balaban J connectivity index is 1.73. The van der Waals surface area contributed by atoms with Crippen molar-refractivity contribution in [1.82, 2.24) is 10.3 Å². The predicted molar refractivity (Wildman–Crippen MR) is 101 cm³/mol. The van der Waals surface area contributed by atoms with Crippen LogP contribution < -0.4 is 21.3 Å². The number of nitrogens with one attached hydrogen (secondary N) is 2. The van der Waals surface area contributed by atoms with E-state index in [0.29, 0.717) is 13.0 Å². The van der Waals surface area contributed by atoms with Gasteiger partial charge in [-0.2, -0.15) is 0 Å². The molecule has 1 aromatic heterocycles. The first-order valence-electron chi connectivity index (χ1n) is 9.05. The fourth-order valence-corrected chi connectivity index (χ4v) is 3.37. The monoisotopic (exact) mass is 369 g/mol. The molecule has 4 N–H and O–H groups in total. The van der Waals surface area contributed by atoms with Gasteiger partial charge in [-0.3, -0.25) is 14.4 Å². The van der Waals surface area contributed by atoms with Gasteiger partial charge in [0.25, 0.3) is 11.5 Å². The standard InChI is InChI=1S/C20H23N3O4/c1-2-27-13-8-6-12(7-9-13)10-18(24)22-16-4-3-5-17-14(16)11-15(19(21)25)20(26)23-17/h6-9,11,16H,2-5,10H2,1H3,(H2,21,25)(H,22,24)(H,23,26). The number of rotatable bonds is 6. The summed E-state index contributed by atoms with van der Waals surface area (Å²) in [5.41, 5.74) is 7.10. The molecule has 7 heteroatoms. The van der Waals surface area contributed by atoms with Gasteiger partial charge < -0.3 is 20.8 Å². The predicted octanol–water partition coefficient (Wildman–Crippen LogP) is 1.61. The van der Waals surface area contributed by atoms with Gasteiger partial charge in [-0.25, -0.2) is 0 Å². The summed E-state index contributed by atoms with van der Waals surface area (Å²) in [5, 5.41) is 3.00. The number of hydrogen-bond donors (Lipinski definition) is 3. The number of benzene rings is 1. The van der Waals surface area contributed by atoms with Crippen molar-refractivity contribution in [2.24, 2.45) is 5.73 Å². The molecule has 2 aromatic rings. The van der Waals surface area contributed by atoms with Gasteiger partial charge in [-0.05, 0) is 55.5 Å². The molecule has 0 aliphatic heterocycles.